The number of primary amides is 1. The molecule has 1 unspecified atom stereocenters. The fraction of sp³-hybridized carbons (Fsp3) is 0.529. The fourth-order valence-corrected chi connectivity index (χ4v) is 8.44. The summed E-state index contributed by atoms with van der Waals surface area (Å²) in [7, 11) is 1.76. The Bertz CT molecular complexity index is 2300. The number of hydroxylamine groups is 1. The molecule has 21 nitrogen and oxygen atoms in total. The lowest BCUT2D eigenvalue weighted by atomic mass is 9.95. The number of carboxylic acids is 1. The number of aliphatic carboxylic acids is 1. The largest absolute Gasteiger partial charge is 0.481 e. The molecular weight excluding hydrogens is 963 g/mol. The SMILES string of the molecule is CC[C@H](C)CC(=O)N(C)C(C[C@@H](OC(C)=O)c1nc(C(=O)N[C@@H](Cc2ccccc2)C[C@H](C)C(=O)NOCc2ccc(NC(=O)[C@H](CCCNC(N)=O)NC(=O)CNC(=O)CCCC(=O)O)cc2)cs1)C(C)C. The molecule has 3 rings (SSSR count). The lowest BCUT2D eigenvalue weighted by Crippen LogP contribution is -2.47. The van der Waals surface area contributed by atoms with Gasteiger partial charge in [-0.25, -0.2) is 15.3 Å². The Morgan fingerprint density at radius 3 is 2.16 bits per heavy atom. The van der Waals surface area contributed by atoms with E-state index in [1.54, 1.807) is 48.5 Å². The number of nitrogens with two attached hydrogens (primary N) is 1. The predicted octanol–water partition coefficient (Wildman–Crippen LogP) is 4.91. The summed E-state index contributed by atoms with van der Waals surface area (Å²) in [5, 5.41) is 24.0. The summed E-state index contributed by atoms with van der Waals surface area (Å²) < 4.78 is 5.75. The van der Waals surface area contributed by atoms with Crippen LogP contribution in [0.15, 0.2) is 60.0 Å². The molecule has 6 atom stereocenters. The number of nitrogens with zero attached hydrogens (tertiary/aromatic N) is 2. The van der Waals surface area contributed by atoms with Gasteiger partial charge in [0.2, 0.25) is 29.5 Å². The maximum atomic E-state index is 13.8. The van der Waals surface area contributed by atoms with Crippen LogP contribution in [0.3, 0.4) is 0 Å². The van der Waals surface area contributed by atoms with Gasteiger partial charge < -0.3 is 47.1 Å². The van der Waals surface area contributed by atoms with Gasteiger partial charge in [0.25, 0.3) is 5.91 Å². The van der Waals surface area contributed by atoms with Gasteiger partial charge in [0.1, 0.15) is 16.7 Å². The van der Waals surface area contributed by atoms with Crippen molar-refractivity contribution in [1.82, 2.24) is 36.6 Å². The van der Waals surface area contributed by atoms with E-state index in [9.17, 15) is 43.2 Å². The molecule has 0 spiro atoms. The first-order valence-corrected chi connectivity index (χ1v) is 25.4. The first-order valence-electron chi connectivity index (χ1n) is 24.5. The Morgan fingerprint density at radius 2 is 1.53 bits per heavy atom. The average molecular weight is 1040 g/mol. The van der Waals surface area contributed by atoms with Crippen LogP contribution < -0.4 is 37.8 Å². The fourth-order valence-electron chi connectivity index (χ4n) is 7.60. The second-order valence-electron chi connectivity index (χ2n) is 18.5. The molecular formula is C51H73N9O12S. The Balaban J connectivity index is 1.62. The lowest BCUT2D eigenvalue weighted by Gasteiger charge is -2.34. The first kappa shape index (κ1) is 60.4. The third-order valence-electron chi connectivity index (χ3n) is 11.9. The summed E-state index contributed by atoms with van der Waals surface area (Å²) >= 11 is 1.19. The van der Waals surface area contributed by atoms with Gasteiger partial charge in [-0.2, -0.15) is 0 Å². The van der Waals surface area contributed by atoms with Crippen LogP contribution in [0.4, 0.5) is 10.5 Å². The molecule has 1 heterocycles. The number of nitrogens with one attached hydrogen (secondary N) is 6. The van der Waals surface area contributed by atoms with Crippen molar-refractivity contribution < 1.29 is 57.8 Å². The highest BCUT2D eigenvalue weighted by Gasteiger charge is 2.32. The minimum atomic E-state index is -1.06. The van der Waals surface area contributed by atoms with Crippen molar-refractivity contribution in [2.45, 2.75) is 137 Å². The smallest absolute Gasteiger partial charge is 0.312 e. The van der Waals surface area contributed by atoms with Crippen molar-refractivity contribution in [3.63, 3.8) is 0 Å². The first-order chi connectivity index (χ1) is 34.6. The number of benzene rings is 2. The quantitative estimate of drug-likeness (QED) is 0.0234. The van der Waals surface area contributed by atoms with Gasteiger partial charge in [-0.05, 0) is 67.2 Å². The van der Waals surface area contributed by atoms with Crippen LogP contribution in [-0.2, 0) is 56.2 Å². The van der Waals surface area contributed by atoms with E-state index in [4.69, 9.17) is 20.4 Å². The molecule has 0 radical (unpaired) electrons. The van der Waals surface area contributed by atoms with Gasteiger partial charge in [-0.3, -0.25) is 43.2 Å². The molecule has 0 aliphatic rings. The number of carbonyl (C=O) groups excluding carboxylic acids is 8. The van der Waals surface area contributed by atoms with Crippen LogP contribution in [0.25, 0.3) is 0 Å². The van der Waals surface area contributed by atoms with Crippen LogP contribution in [0, 0.1) is 17.8 Å². The van der Waals surface area contributed by atoms with Crippen molar-refractivity contribution in [3.8, 4) is 0 Å². The van der Waals surface area contributed by atoms with Crippen LogP contribution in [-0.4, -0.2) is 107 Å². The maximum absolute atomic E-state index is 13.8. The van der Waals surface area contributed by atoms with E-state index in [-0.39, 0.29) is 81.2 Å². The van der Waals surface area contributed by atoms with Crippen LogP contribution in [0.1, 0.15) is 132 Å². The highest BCUT2D eigenvalue weighted by Crippen LogP contribution is 2.31. The Hall–Kier alpha value is -6.94. The number of carboxylic acid groups (broad SMARTS) is 1. The summed E-state index contributed by atoms with van der Waals surface area (Å²) in [6.07, 6.45) is 1.62. The molecule has 400 valence electrons. The Kier molecular flexibility index (Phi) is 26.0. The summed E-state index contributed by atoms with van der Waals surface area (Å²) in [6, 6.07) is 13.4. The van der Waals surface area contributed by atoms with Gasteiger partial charge in [-0.15, -0.1) is 11.3 Å². The zero-order valence-corrected chi connectivity index (χ0v) is 43.6. The molecule has 0 saturated carbocycles. The van der Waals surface area contributed by atoms with Crippen LogP contribution in [0.2, 0.25) is 0 Å². The number of esters is 1. The van der Waals surface area contributed by atoms with Gasteiger partial charge in [0.05, 0.1) is 13.2 Å². The molecule has 1 aromatic heterocycles. The van der Waals surface area contributed by atoms with Crippen molar-refractivity contribution >= 4 is 70.4 Å². The number of hydrogen-bond acceptors (Lipinski definition) is 13. The van der Waals surface area contributed by atoms with E-state index in [2.05, 4.69) is 37.0 Å². The zero-order chi connectivity index (χ0) is 54.0. The number of hydrogen-bond donors (Lipinski definition) is 8. The van der Waals surface area contributed by atoms with Gasteiger partial charge in [0.15, 0.2) is 6.10 Å². The van der Waals surface area contributed by atoms with Crippen molar-refractivity contribution in [3.05, 3.63) is 81.8 Å². The predicted molar refractivity (Wildman–Crippen MR) is 273 cm³/mol. The normalized spacial score (nSPS) is 13.5. The number of aromatic nitrogens is 1. The Morgan fingerprint density at radius 1 is 0.836 bits per heavy atom. The van der Waals surface area contributed by atoms with E-state index in [1.807, 2.05) is 58.0 Å². The molecule has 0 aliphatic carbocycles. The number of carbonyl (C=O) groups is 9. The van der Waals surface area contributed by atoms with Gasteiger partial charge in [0, 0.05) is 75.3 Å². The molecule has 0 fully saturated rings. The number of thiazole rings is 1. The minimum absolute atomic E-state index is 0.00359. The average Bonchev–Trinajstić information content (AvgIpc) is 3.84. The molecule has 0 saturated heterocycles. The number of anilines is 1. The molecule has 73 heavy (non-hydrogen) atoms. The van der Waals surface area contributed by atoms with Crippen molar-refractivity contribution in [1.29, 1.82) is 0 Å². The second-order valence-corrected chi connectivity index (χ2v) is 19.3. The van der Waals surface area contributed by atoms with Gasteiger partial charge in [-0.1, -0.05) is 83.5 Å². The number of amides is 8. The zero-order valence-electron chi connectivity index (χ0n) is 42.8. The summed E-state index contributed by atoms with van der Waals surface area (Å²) in [4.78, 5) is 124. The third-order valence-corrected chi connectivity index (χ3v) is 12.9. The van der Waals surface area contributed by atoms with E-state index in [0.717, 1.165) is 12.0 Å². The van der Waals surface area contributed by atoms with Crippen LogP contribution >= 0.6 is 11.3 Å². The topological polar surface area (TPSA) is 307 Å². The lowest BCUT2D eigenvalue weighted by molar-refractivity contribution is -0.148. The van der Waals surface area contributed by atoms with E-state index in [0.29, 0.717) is 35.5 Å². The highest BCUT2D eigenvalue weighted by atomic mass is 32.1. The van der Waals surface area contributed by atoms with Crippen molar-refractivity contribution in [2.75, 3.05) is 25.5 Å². The molecule has 0 aliphatic heterocycles. The van der Waals surface area contributed by atoms with E-state index >= 15 is 0 Å². The molecule has 8 amide bonds. The monoisotopic (exact) mass is 1040 g/mol. The van der Waals surface area contributed by atoms with Crippen molar-refractivity contribution in [2.24, 2.45) is 23.5 Å². The third kappa shape index (κ3) is 23.0. The number of ether oxygens (including phenoxy) is 1. The Labute approximate surface area is 430 Å². The maximum Gasteiger partial charge on any atom is 0.312 e. The number of urea groups is 1. The molecule has 3 aromatic rings. The standard InChI is InChI=1S/C51H73N9O12S/c1-8-32(4)24-45(64)60(7)41(31(2)3)27-42(72-34(6)61)50-58-40(30-73-50)49(69)56-38(26-35-14-10-9-11-15-35)25-33(5)47(67)59-71-29-36-19-21-37(22-20-36)55-48(68)39(16-13-23-53-51(52)70)57-44(63)28-54-43(62)17-12-18-46(65)66/h9-11,14-15,19-22,30-33,38-39,41-42H,8,12-13,16-18,23-29H2,1-7H3,(H,54,62)(H,55,68)(H,56,69)(H,57,63)(H,59,67)(H,65,66)(H3,52,53,70)/t32-,33-,38+,39-,41?,42+/m0/s1. The molecule has 22 heteroatoms. The van der Waals surface area contributed by atoms with E-state index < -0.39 is 78.2 Å². The van der Waals surface area contributed by atoms with Crippen LogP contribution in [0.5, 0.6) is 0 Å². The van der Waals surface area contributed by atoms with Gasteiger partial charge >= 0.3 is 18.0 Å². The minimum Gasteiger partial charge on any atom is -0.481 e. The van der Waals surface area contributed by atoms with E-state index in [1.165, 1.54) is 18.3 Å². The molecule has 0 bridgehead atoms. The highest BCUT2D eigenvalue weighted by molar-refractivity contribution is 7.09. The summed E-state index contributed by atoms with van der Waals surface area (Å²) in [5.41, 5.74) is 9.69. The number of rotatable bonds is 32. The second kappa shape index (κ2) is 31.5. The summed E-state index contributed by atoms with van der Waals surface area (Å²) in [5.74, 6) is -4.57. The summed E-state index contributed by atoms with van der Waals surface area (Å²) in [6.45, 7) is 10.8. The molecule has 2 aromatic carbocycles. The molecule has 9 N–H and O–H groups in total.